The summed E-state index contributed by atoms with van der Waals surface area (Å²) in [5.41, 5.74) is 1.65. The molecule has 0 atom stereocenters. The zero-order valence-electron chi connectivity index (χ0n) is 19.6. The Morgan fingerprint density at radius 1 is 1.15 bits per heavy atom. The summed E-state index contributed by atoms with van der Waals surface area (Å²) in [6, 6.07) is 2.54. The van der Waals surface area contributed by atoms with E-state index in [2.05, 4.69) is 15.5 Å². The molecule has 34 heavy (non-hydrogen) atoms. The number of aromatic nitrogens is 4. The van der Waals surface area contributed by atoms with E-state index in [0.29, 0.717) is 16.7 Å². The fraction of sp³-hybridized carbons (Fsp3) is 0.333. The number of benzene rings is 1. The molecule has 3 aromatic rings. The highest BCUT2D eigenvalue weighted by Gasteiger charge is 2.26. The minimum absolute atomic E-state index is 0.0327. The lowest BCUT2D eigenvalue weighted by Gasteiger charge is -2.18. The maximum atomic E-state index is 14.4. The standard InChI is InChI=1S/C21H26FN7O4S/c1-12(2)15-7-14(22)8-16(13-10-23-28(5)11-13)19(15)24-21(31)26-34(32,33)18-9-17(29(6)25-18)20(30)27(3)4/h7-12H,1-6H3,(H2,24,26,31). The molecule has 13 heteroatoms. The third-order valence-corrected chi connectivity index (χ3v) is 6.20. The first kappa shape index (κ1) is 24.9. The van der Waals surface area contributed by atoms with Crippen LogP contribution in [0.25, 0.3) is 11.1 Å². The average molecular weight is 492 g/mol. The molecule has 182 valence electrons. The van der Waals surface area contributed by atoms with Gasteiger partial charge in [-0.3, -0.25) is 14.2 Å². The molecule has 2 heterocycles. The molecule has 0 aliphatic heterocycles. The highest BCUT2D eigenvalue weighted by Crippen LogP contribution is 2.35. The van der Waals surface area contributed by atoms with E-state index < -0.39 is 32.8 Å². The van der Waals surface area contributed by atoms with E-state index >= 15 is 0 Å². The summed E-state index contributed by atoms with van der Waals surface area (Å²) in [5, 5.41) is 9.98. The van der Waals surface area contributed by atoms with Crippen LogP contribution in [0.3, 0.4) is 0 Å². The van der Waals surface area contributed by atoms with Crippen molar-refractivity contribution in [2.75, 3.05) is 19.4 Å². The zero-order chi connectivity index (χ0) is 25.4. The Morgan fingerprint density at radius 3 is 2.38 bits per heavy atom. The van der Waals surface area contributed by atoms with Gasteiger partial charge in [0.25, 0.3) is 15.9 Å². The van der Waals surface area contributed by atoms with Crippen molar-refractivity contribution in [1.29, 1.82) is 0 Å². The van der Waals surface area contributed by atoms with Gasteiger partial charge in [0.15, 0.2) is 5.03 Å². The fourth-order valence-corrected chi connectivity index (χ4v) is 4.22. The normalized spacial score (nSPS) is 11.5. The Morgan fingerprint density at radius 2 is 1.82 bits per heavy atom. The van der Waals surface area contributed by atoms with Gasteiger partial charge in [0.1, 0.15) is 11.5 Å². The summed E-state index contributed by atoms with van der Waals surface area (Å²) in [4.78, 5) is 26.2. The van der Waals surface area contributed by atoms with E-state index in [-0.39, 0.29) is 17.3 Å². The first-order valence-corrected chi connectivity index (χ1v) is 11.7. The SMILES string of the molecule is CC(C)c1cc(F)cc(-c2cnn(C)c2)c1NC(=O)NS(=O)(=O)c1cc(C(=O)N(C)C)n(C)n1. The lowest BCUT2D eigenvalue weighted by atomic mass is 9.95. The number of nitrogens with one attached hydrogen (secondary N) is 2. The Bertz CT molecular complexity index is 1360. The summed E-state index contributed by atoms with van der Waals surface area (Å²) in [5.74, 6) is -1.14. The van der Waals surface area contributed by atoms with E-state index in [1.807, 2.05) is 18.6 Å². The van der Waals surface area contributed by atoms with Crippen LogP contribution < -0.4 is 10.0 Å². The van der Waals surface area contributed by atoms with Gasteiger partial charge < -0.3 is 10.2 Å². The van der Waals surface area contributed by atoms with Crippen LogP contribution in [0.2, 0.25) is 0 Å². The van der Waals surface area contributed by atoms with Gasteiger partial charge in [-0.15, -0.1) is 0 Å². The van der Waals surface area contributed by atoms with Crippen molar-refractivity contribution in [3.63, 3.8) is 0 Å². The molecular weight excluding hydrogens is 465 g/mol. The van der Waals surface area contributed by atoms with Crippen LogP contribution in [0.1, 0.15) is 35.8 Å². The van der Waals surface area contributed by atoms with Gasteiger partial charge in [-0.05, 0) is 23.6 Å². The van der Waals surface area contributed by atoms with Crippen LogP contribution in [0.4, 0.5) is 14.9 Å². The number of hydrogen-bond donors (Lipinski definition) is 2. The van der Waals surface area contributed by atoms with Crippen LogP contribution in [-0.2, 0) is 24.1 Å². The molecule has 0 unspecified atom stereocenters. The first-order valence-electron chi connectivity index (χ1n) is 10.2. The third kappa shape index (κ3) is 5.09. The van der Waals surface area contributed by atoms with E-state index in [1.165, 1.54) is 49.1 Å². The minimum atomic E-state index is -4.41. The molecule has 0 aliphatic rings. The molecule has 0 spiro atoms. The van der Waals surface area contributed by atoms with Crippen molar-refractivity contribution in [3.8, 4) is 11.1 Å². The lowest BCUT2D eigenvalue weighted by Crippen LogP contribution is -2.35. The summed E-state index contributed by atoms with van der Waals surface area (Å²) < 4.78 is 44.5. The van der Waals surface area contributed by atoms with Crippen molar-refractivity contribution < 1.29 is 22.4 Å². The molecular formula is C21H26FN7O4S. The zero-order valence-corrected chi connectivity index (χ0v) is 20.4. The summed E-state index contributed by atoms with van der Waals surface area (Å²) in [6.45, 7) is 3.64. The fourth-order valence-electron chi connectivity index (χ4n) is 3.33. The predicted molar refractivity (Wildman–Crippen MR) is 123 cm³/mol. The van der Waals surface area contributed by atoms with Gasteiger partial charge in [-0.1, -0.05) is 13.8 Å². The topological polar surface area (TPSA) is 131 Å². The van der Waals surface area contributed by atoms with Crippen molar-refractivity contribution in [3.05, 3.63) is 47.7 Å². The van der Waals surface area contributed by atoms with E-state index in [1.54, 1.807) is 13.2 Å². The Balaban J connectivity index is 1.94. The molecule has 2 aromatic heterocycles. The molecule has 2 N–H and O–H groups in total. The van der Waals surface area contributed by atoms with Gasteiger partial charge in [0.2, 0.25) is 0 Å². The number of nitrogens with zero attached hydrogens (tertiary/aromatic N) is 5. The Hall–Kier alpha value is -3.74. The number of anilines is 1. The summed E-state index contributed by atoms with van der Waals surface area (Å²) >= 11 is 0. The summed E-state index contributed by atoms with van der Waals surface area (Å²) in [7, 11) is 1.74. The second-order valence-corrected chi connectivity index (χ2v) is 9.85. The number of carbonyl (C=O) groups excluding carboxylic acids is 2. The van der Waals surface area contributed by atoms with Gasteiger partial charge in [-0.2, -0.15) is 18.6 Å². The molecule has 0 fully saturated rings. The van der Waals surface area contributed by atoms with Crippen molar-refractivity contribution in [2.24, 2.45) is 14.1 Å². The monoisotopic (exact) mass is 491 g/mol. The van der Waals surface area contributed by atoms with Crippen LogP contribution in [0.5, 0.6) is 0 Å². The largest absolute Gasteiger partial charge is 0.343 e. The molecule has 0 aliphatic carbocycles. The number of hydrogen-bond acceptors (Lipinski definition) is 6. The quantitative estimate of drug-likeness (QED) is 0.544. The van der Waals surface area contributed by atoms with E-state index in [9.17, 15) is 22.4 Å². The summed E-state index contributed by atoms with van der Waals surface area (Å²) in [6.07, 6.45) is 3.16. The van der Waals surface area contributed by atoms with Crippen LogP contribution >= 0.6 is 0 Å². The number of aryl methyl sites for hydroxylation is 2. The van der Waals surface area contributed by atoms with Crippen molar-refractivity contribution in [1.82, 2.24) is 29.2 Å². The molecule has 11 nitrogen and oxygen atoms in total. The molecule has 0 bridgehead atoms. The molecule has 0 saturated heterocycles. The lowest BCUT2D eigenvalue weighted by molar-refractivity contribution is 0.0817. The number of halogens is 1. The number of rotatable bonds is 6. The molecule has 0 saturated carbocycles. The van der Waals surface area contributed by atoms with Gasteiger partial charge in [0, 0.05) is 51.6 Å². The smallest absolute Gasteiger partial charge is 0.333 e. The Kier molecular flexibility index (Phi) is 6.77. The van der Waals surface area contributed by atoms with Gasteiger partial charge in [0.05, 0.1) is 11.9 Å². The number of sulfonamides is 1. The minimum Gasteiger partial charge on any atom is -0.343 e. The highest BCUT2D eigenvalue weighted by molar-refractivity contribution is 7.90. The number of carbonyl (C=O) groups is 2. The second-order valence-electron chi connectivity index (χ2n) is 8.23. The second kappa shape index (κ2) is 9.25. The molecule has 1 aromatic carbocycles. The molecule has 3 amide bonds. The number of amides is 3. The van der Waals surface area contributed by atoms with Crippen molar-refractivity contribution >= 4 is 27.6 Å². The molecule has 3 rings (SSSR count). The van der Waals surface area contributed by atoms with Crippen molar-refractivity contribution in [2.45, 2.75) is 24.8 Å². The van der Waals surface area contributed by atoms with Crippen LogP contribution in [0, 0.1) is 5.82 Å². The van der Waals surface area contributed by atoms with E-state index in [0.717, 1.165) is 10.7 Å². The predicted octanol–water partition coefficient (Wildman–Crippen LogP) is 2.30. The molecule has 0 radical (unpaired) electrons. The highest BCUT2D eigenvalue weighted by atomic mass is 32.2. The van der Waals surface area contributed by atoms with Gasteiger partial charge in [-0.25, -0.2) is 13.9 Å². The van der Waals surface area contributed by atoms with Crippen LogP contribution in [-0.4, -0.2) is 58.9 Å². The first-order chi connectivity index (χ1) is 15.8. The van der Waals surface area contributed by atoms with E-state index in [4.69, 9.17) is 0 Å². The number of urea groups is 1. The Labute approximate surface area is 196 Å². The average Bonchev–Trinajstić information content (AvgIpc) is 3.33. The third-order valence-electron chi connectivity index (χ3n) is 5.00. The maximum absolute atomic E-state index is 14.4. The van der Waals surface area contributed by atoms with Crippen LogP contribution in [0.15, 0.2) is 35.6 Å². The maximum Gasteiger partial charge on any atom is 0.333 e. The van der Waals surface area contributed by atoms with Gasteiger partial charge >= 0.3 is 6.03 Å².